The van der Waals surface area contributed by atoms with E-state index < -0.39 is 10.8 Å². The maximum Gasteiger partial charge on any atom is 0.160 e. The lowest BCUT2D eigenvalue weighted by Gasteiger charge is -2.26. The van der Waals surface area contributed by atoms with Crippen molar-refractivity contribution in [3.8, 4) is 11.5 Å². The molecule has 0 radical (unpaired) electrons. The van der Waals surface area contributed by atoms with Crippen molar-refractivity contribution >= 4 is 10.8 Å². The van der Waals surface area contributed by atoms with Crippen molar-refractivity contribution in [3.05, 3.63) is 23.8 Å². The minimum absolute atomic E-state index is 0.172. The number of hydrogen-bond donors (Lipinski definition) is 1. The van der Waals surface area contributed by atoms with E-state index in [9.17, 15) is 9.32 Å². The number of hydrogen-bond acceptors (Lipinski definition) is 4. The van der Waals surface area contributed by atoms with Gasteiger partial charge in [0.1, 0.15) is 0 Å². The predicted molar refractivity (Wildman–Crippen MR) is 67.8 cm³/mol. The Morgan fingerprint density at radius 2 is 2.12 bits per heavy atom. The molecule has 0 aromatic heterocycles. The summed E-state index contributed by atoms with van der Waals surface area (Å²) in [5.41, 5.74) is 1.05. The van der Waals surface area contributed by atoms with Crippen LogP contribution in [0.2, 0.25) is 0 Å². The molecule has 0 saturated carbocycles. The predicted octanol–water partition coefficient (Wildman–Crippen LogP) is 0.965. The summed E-state index contributed by atoms with van der Waals surface area (Å²) in [7, 11) is 0.897. The maximum atomic E-state index is 11.2. The van der Waals surface area contributed by atoms with Crippen molar-refractivity contribution in [2.75, 3.05) is 31.7 Å². The Kier molecular flexibility index (Phi) is 4.02. The van der Waals surface area contributed by atoms with Gasteiger partial charge in [0.15, 0.2) is 11.5 Å². The molecule has 0 aliphatic carbocycles. The van der Waals surface area contributed by atoms with E-state index in [0.717, 1.165) is 36.7 Å². The van der Waals surface area contributed by atoms with Gasteiger partial charge in [0.25, 0.3) is 0 Å². The SMILES string of the molecule is COc1ccc(CN2CCS(=O)CC2)cc1O. The van der Waals surface area contributed by atoms with Crippen molar-refractivity contribution in [2.45, 2.75) is 6.54 Å². The number of rotatable bonds is 3. The summed E-state index contributed by atoms with van der Waals surface area (Å²) in [6.07, 6.45) is 0. The van der Waals surface area contributed by atoms with Crippen LogP contribution in [0.1, 0.15) is 5.56 Å². The quantitative estimate of drug-likeness (QED) is 0.874. The Morgan fingerprint density at radius 1 is 1.41 bits per heavy atom. The van der Waals surface area contributed by atoms with Gasteiger partial charge in [-0.1, -0.05) is 6.07 Å². The number of ether oxygens (including phenoxy) is 1. The van der Waals surface area contributed by atoms with Gasteiger partial charge in [-0.2, -0.15) is 0 Å². The van der Waals surface area contributed by atoms with Gasteiger partial charge >= 0.3 is 0 Å². The second-order valence-electron chi connectivity index (χ2n) is 4.13. The zero-order chi connectivity index (χ0) is 12.3. The van der Waals surface area contributed by atoms with Gasteiger partial charge in [0.2, 0.25) is 0 Å². The number of phenolic OH excluding ortho intramolecular Hbond substituents is 1. The van der Waals surface area contributed by atoms with E-state index in [1.807, 2.05) is 6.07 Å². The van der Waals surface area contributed by atoms with Crippen LogP contribution in [0.15, 0.2) is 18.2 Å². The number of nitrogens with zero attached hydrogens (tertiary/aromatic N) is 1. The first-order valence-corrected chi connectivity index (χ1v) is 7.11. The summed E-state index contributed by atoms with van der Waals surface area (Å²) in [6, 6.07) is 5.45. The third kappa shape index (κ3) is 3.20. The lowest BCUT2D eigenvalue weighted by molar-refractivity contribution is 0.290. The van der Waals surface area contributed by atoms with Crippen LogP contribution >= 0.6 is 0 Å². The Hall–Kier alpha value is -1.07. The second kappa shape index (κ2) is 5.51. The van der Waals surface area contributed by atoms with Gasteiger partial charge < -0.3 is 9.84 Å². The van der Waals surface area contributed by atoms with Gasteiger partial charge in [-0.05, 0) is 17.7 Å². The first kappa shape index (κ1) is 12.4. The number of methoxy groups -OCH3 is 1. The standard InChI is InChI=1S/C12H17NO3S/c1-16-12-3-2-10(8-11(12)14)9-13-4-6-17(15)7-5-13/h2-3,8,14H,4-7,9H2,1H3. The molecular weight excluding hydrogens is 238 g/mol. The topological polar surface area (TPSA) is 49.8 Å². The van der Waals surface area contributed by atoms with Crippen LogP contribution in [-0.4, -0.2) is 45.9 Å². The maximum absolute atomic E-state index is 11.2. The van der Waals surface area contributed by atoms with Crippen LogP contribution in [0.5, 0.6) is 11.5 Å². The molecular formula is C12H17NO3S. The van der Waals surface area contributed by atoms with E-state index in [2.05, 4.69) is 4.90 Å². The summed E-state index contributed by atoms with van der Waals surface area (Å²) in [5.74, 6) is 2.17. The Labute approximate surface area is 104 Å². The Bertz CT molecular complexity index is 412. The molecule has 0 amide bonds. The molecule has 2 rings (SSSR count). The van der Waals surface area contributed by atoms with Crippen LogP contribution in [0.3, 0.4) is 0 Å². The van der Waals surface area contributed by atoms with E-state index in [-0.39, 0.29) is 5.75 Å². The summed E-state index contributed by atoms with van der Waals surface area (Å²) in [6.45, 7) is 2.51. The molecule has 0 spiro atoms. The number of aromatic hydroxyl groups is 1. The van der Waals surface area contributed by atoms with Gasteiger partial charge in [-0.15, -0.1) is 0 Å². The minimum atomic E-state index is -0.639. The van der Waals surface area contributed by atoms with Crippen molar-refractivity contribution in [2.24, 2.45) is 0 Å². The highest BCUT2D eigenvalue weighted by atomic mass is 32.2. The fourth-order valence-corrected chi connectivity index (χ4v) is 3.05. The van der Waals surface area contributed by atoms with Crippen molar-refractivity contribution in [3.63, 3.8) is 0 Å². The molecule has 1 aromatic rings. The Balaban J connectivity index is 1.99. The zero-order valence-electron chi connectivity index (χ0n) is 9.89. The van der Waals surface area contributed by atoms with Crippen LogP contribution in [0.4, 0.5) is 0 Å². The summed E-state index contributed by atoms with van der Waals surface area (Å²) in [5, 5.41) is 9.67. The van der Waals surface area contributed by atoms with Crippen LogP contribution in [0.25, 0.3) is 0 Å². The first-order chi connectivity index (χ1) is 8.19. The van der Waals surface area contributed by atoms with E-state index in [1.54, 1.807) is 12.1 Å². The minimum Gasteiger partial charge on any atom is -0.504 e. The Morgan fingerprint density at radius 3 is 2.71 bits per heavy atom. The van der Waals surface area contributed by atoms with Gasteiger partial charge in [-0.25, -0.2) is 0 Å². The number of phenols is 1. The third-order valence-corrected chi connectivity index (χ3v) is 4.20. The molecule has 17 heavy (non-hydrogen) atoms. The molecule has 1 aromatic carbocycles. The average Bonchev–Trinajstić information content (AvgIpc) is 2.32. The molecule has 1 saturated heterocycles. The molecule has 1 aliphatic rings. The van der Waals surface area contributed by atoms with Gasteiger partial charge in [-0.3, -0.25) is 9.11 Å². The highest BCUT2D eigenvalue weighted by Crippen LogP contribution is 2.26. The summed E-state index contributed by atoms with van der Waals surface area (Å²) < 4.78 is 16.2. The molecule has 4 nitrogen and oxygen atoms in total. The molecule has 1 fully saturated rings. The third-order valence-electron chi connectivity index (χ3n) is 2.92. The summed E-state index contributed by atoms with van der Waals surface area (Å²) >= 11 is 0. The van der Waals surface area contributed by atoms with E-state index >= 15 is 0 Å². The number of benzene rings is 1. The highest BCUT2D eigenvalue weighted by molar-refractivity contribution is 7.85. The monoisotopic (exact) mass is 255 g/mol. The van der Waals surface area contributed by atoms with E-state index in [1.165, 1.54) is 7.11 Å². The molecule has 0 atom stereocenters. The molecule has 5 heteroatoms. The molecule has 1 aliphatic heterocycles. The molecule has 94 valence electrons. The van der Waals surface area contributed by atoms with Crippen LogP contribution in [-0.2, 0) is 17.3 Å². The van der Waals surface area contributed by atoms with Gasteiger partial charge in [0.05, 0.1) is 7.11 Å². The van der Waals surface area contributed by atoms with Crippen LogP contribution in [0, 0.1) is 0 Å². The van der Waals surface area contributed by atoms with Crippen molar-refractivity contribution in [1.82, 2.24) is 4.90 Å². The average molecular weight is 255 g/mol. The highest BCUT2D eigenvalue weighted by Gasteiger charge is 2.15. The van der Waals surface area contributed by atoms with E-state index in [4.69, 9.17) is 4.74 Å². The molecule has 1 heterocycles. The molecule has 1 N–H and O–H groups in total. The normalized spacial score (nSPS) is 18.2. The van der Waals surface area contributed by atoms with Crippen LogP contribution < -0.4 is 4.74 Å². The fourth-order valence-electron chi connectivity index (χ4n) is 1.93. The summed E-state index contributed by atoms with van der Waals surface area (Å²) in [4.78, 5) is 2.25. The fraction of sp³-hybridized carbons (Fsp3) is 0.500. The molecule has 0 bridgehead atoms. The lowest BCUT2D eigenvalue weighted by atomic mass is 10.2. The van der Waals surface area contributed by atoms with Crippen molar-refractivity contribution in [1.29, 1.82) is 0 Å². The van der Waals surface area contributed by atoms with Gasteiger partial charge in [0, 0.05) is 41.9 Å². The van der Waals surface area contributed by atoms with Crippen molar-refractivity contribution < 1.29 is 14.1 Å². The largest absolute Gasteiger partial charge is 0.504 e. The lowest BCUT2D eigenvalue weighted by Crippen LogP contribution is -2.37. The molecule has 0 unspecified atom stereocenters. The first-order valence-electron chi connectivity index (χ1n) is 5.62. The zero-order valence-corrected chi connectivity index (χ0v) is 10.7. The van der Waals surface area contributed by atoms with E-state index in [0.29, 0.717) is 5.75 Å². The smallest absolute Gasteiger partial charge is 0.160 e. The second-order valence-corrected chi connectivity index (χ2v) is 5.83.